The Hall–Kier alpha value is 0. The van der Waals surface area contributed by atoms with Crippen molar-refractivity contribution in [3.8, 4) is 0 Å². The molecule has 4 aliphatic carbocycles. The van der Waals surface area contributed by atoms with Gasteiger partial charge in [-0.3, -0.25) is 0 Å². The first-order valence-corrected chi connectivity index (χ1v) is 6.53. The Bertz CT molecular complexity index is 181. The average molecular weight is 210 g/mol. The predicted octanol–water partition coefficient (Wildman–Crippen LogP) is 5.13. The Labute approximate surface area is 96.8 Å². The first-order chi connectivity index (χ1) is 6.53. The first kappa shape index (κ1) is 13.1. The molecule has 4 saturated carbocycles. The summed E-state index contributed by atoms with van der Waals surface area (Å²) in [6.07, 6.45) is 7.68. The van der Waals surface area contributed by atoms with Crippen LogP contribution >= 0.6 is 0 Å². The first-order valence-electron chi connectivity index (χ1n) is 6.53. The molecular weight excluding hydrogens is 180 g/mol. The predicted molar refractivity (Wildman–Crippen MR) is 68.9 cm³/mol. The van der Waals surface area contributed by atoms with Crippen LogP contribution in [0.3, 0.4) is 0 Å². The highest BCUT2D eigenvalue weighted by Crippen LogP contribution is 2.67. The molecule has 0 aliphatic heterocycles. The molecule has 0 spiro atoms. The topological polar surface area (TPSA) is 0 Å². The van der Waals surface area contributed by atoms with Gasteiger partial charge in [-0.1, -0.05) is 35.1 Å². The van der Waals surface area contributed by atoms with E-state index < -0.39 is 0 Å². The van der Waals surface area contributed by atoms with Crippen molar-refractivity contribution >= 4 is 0 Å². The molecule has 90 valence electrons. The van der Waals surface area contributed by atoms with Crippen molar-refractivity contribution in [3.63, 3.8) is 0 Å². The van der Waals surface area contributed by atoms with Gasteiger partial charge in [-0.05, 0) is 61.2 Å². The summed E-state index contributed by atoms with van der Waals surface area (Å²) in [6.45, 7) is 9.35. The SMILES string of the molecule is C.CC(C)C12CC(C1)C2.CC(C)C1CC1. The van der Waals surface area contributed by atoms with Crippen molar-refractivity contribution in [2.24, 2.45) is 29.1 Å². The average Bonchev–Trinajstić information content (AvgIpc) is 2.56. The normalized spacial score (nSPS) is 36.0. The summed E-state index contributed by atoms with van der Waals surface area (Å²) >= 11 is 0. The van der Waals surface area contributed by atoms with E-state index in [-0.39, 0.29) is 7.43 Å². The fourth-order valence-corrected chi connectivity index (χ4v) is 3.02. The summed E-state index contributed by atoms with van der Waals surface area (Å²) < 4.78 is 0. The van der Waals surface area contributed by atoms with Crippen molar-refractivity contribution < 1.29 is 0 Å². The standard InChI is InChI=1S/C8H14.C6H12.CH4/c1-6(2)8-3-7(4-8)5-8;1-5(2)6-3-4-6;/h6-7H,3-5H2,1-2H3;5-6H,3-4H2,1-2H3;1H4. The molecule has 2 bridgehead atoms. The maximum absolute atomic E-state index is 2.37. The Morgan fingerprint density at radius 2 is 1.40 bits per heavy atom. The molecule has 4 aliphatic rings. The van der Waals surface area contributed by atoms with Gasteiger partial charge in [-0.15, -0.1) is 0 Å². The number of rotatable bonds is 2. The summed E-state index contributed by atoms with van der Waals surface area (Å²) in [5.41, 5.74) is 0.866. The summed E-state index contributed by atoms with van der Waals surface area (Å²) in [7, 11) is 0. The van der Waals surface area contributed by atoms with Crippen molar-refractivity contribution in [2.75, 3.05) is 0 Å². The highest BCUT2D eigenvalue weighted by atomic mass is 14.6. The van der Waals surface area contributed by atoms with E-state index in [1.54, 1.807) is 19.3 Å². The van der Waals surface area contributed by atoms with Crippen LogP contribution in [-0.4, -0.2) is 0 Å². The van der Waals surface area contributed by atoms with Gasteiger partial charge in [-0.25, -0.2) is 0 Å². The van der Waals surface area contributed by atoms with Gasteiger partial charge in [0.25, 0.3) is 0 Å². The van der Waals surface area contributed by atoms with Gasteiger partial charge in [0.05, 0.1) is 0 Å². The third-order valence-electron chi connectivity index (χ3n) is 4.88. The molecular formula is C15H30. The minimum Gasteiger partial charge on any atom is -0.0776 e. The van der Waals surface area contributed by atoms with Crippen LogP contribution in [0.5, 0.6) is 0 Å². The molecule has 0 aromatic rings. The highest BCUT2D eigenvalue weighted by molar-refractivity contribution is 5.07. The summed E-state index contributed by atoms with van der Waals surface area (Å²) in [5.74, 6) is 4.19. The minimum atomic E-state index is 0. The van der Waals surface area contributed by atoms with Crippen molar-refractivity contribution in [3.05, 3.63) is 0 Å². The Kier molecular flexibility index (Phi) is 3.90. The lowest BCUT2D eigenvalue weighted by molar-refractivity contribution is -0.141. The molecule has 4 fully saturated rings. The smallest absolute Gasteiger partial charge is 0.0267 e. The zero-order valence-corrected chi connectivity index (χ0v) is 10.3. The van der Waals surface area contributed by atoms with Gasteiger partial charge in [-0.2, -0.15) is 0 Å². The molecule has 0 amide bonds. The summed E-state index contributed by atoms with van der Waals surface area (Å²) in [5, 5.41) is 0. The minimum absolute atomic E-state index is 0. The molecule has 0 atom stereocenters. The van der Waals surface area contributed by atoms with Gasteiger partial charge < -0.3 is 0 Å². The molecule has 0 heteroatoms. The Balaban J connectivity index is 0.000000146. The van der Waals surface area contributed by atoms with E-state index in [1.165, 1.54) is 12.8 Å². The van der Waals surface area contributed by atoms with Gasteiger partial charge in [0.1, 0.15) is 0 Å². The fraction of sp³-hybridized carbons (Fsp3) is 1.00. The van der Waals surface area contributed by atoms with Crippen LogP contribution in [0.1, 0.15) is 67.2 Å². The van der Waals surface area contributed by atoms with Crippen LogP contribution in [0.25, 0.3) is 0 Å². The van der Waals surface area contributed by atoms with E-state index in [1.807, 2.05) is 0 Å². The maximum atomic E-state index is 2.37. The van der Waals surface area contributed by atoms with Crippen LogP contribution in [0.4, 0.5) is 0 Å². The Morgan fingerprint density at radius 3 is 1.40 bits per heavy atom. The van der Waals surface area contributed by atoms with Gasteiger partial charge in [0.2, 0.25) is 0 Å². The number of hydrogen-bond donors (Lipinski definition) is 0. The van der Waals surface area contributed by atoms with Gasteiger partial charge >= 0.3 is 0 Å². The van der Waals surface area contributed by atoms with E-state index >= 15 is 0 Å². The van der Waals surface area contributed by atoms with Crippen molar-refractivity contribution in [1.82, 2.24) is 0 Å². The molecule has 0 unspecified atom stereocenters. The lowest BCUT2D eigenvalue weighted by atomic mass is 9.41. The molecule has 0 saturated heterocycles. The van der Waals surface area contributed by atoms with Crippen LogP contribution < -0.4 is 0 Å². The second-order valence-corrected chi connectivity index (χ2v) is 6.58. The molecule has 0 nitrogen and oxygen atoms in total. The van der Waals surface area contributed by atoms with E-state index in [4.69, 9.17) is 0 Å². The van der Waals surface area contributed by atoms with Crippen LogP contribution in [0, 0.1) is 29.1 Å². The summed E-state index contributed by atoms with van der Waals surface area (Å²) in [6, 6.07) is 0. The molecule has 4 rings (SSSR count). The second kappa shape index (κ2) is 4.47. The molecule has 0 aromatic carbocycles. The van der Waals surface area contributed by atoms with Crippen LogP contribution in [0.15, 0.2) is 0 Å². The lowest BCUT2D eigenvalue weighted by Crippen LogP contribution is -2.54. The van der Waals surface area contributed by atoms with E-state index in [9.17, 15) is 0 Å². The molecule has 0 radical (unpaired) electrons. The van der Waals surface area contributed by atoms with Crippen LogP contribution in [0.2, 0.25) is 0 Å². The molecule has 15 heavy (non-hydrogen) atoms. The van der Waals surface area contributed by atoms with Gasteiger partial charge in [0, 0.05) is 0 Å². The number of hydrogen-bond acceptors (Lipinski definition) is 0. The zero-order valence-electron chi connectivity index (χ0n) is 10.3. The van der Waals surface area contributed by atoms with Crippen molar-refractivity contribution in [2.45, 2.75) is 67.2 Å². The molecule has 0 N–H and O–H groups in total. The third kappa shape index (κ3) is 2.57. The second-order valence-electron chi connectivity index (χ2n) is 6.58. The van der Waals surface area contributed by atoms with E-state index in [0.29, 0.717) is 0 Å². The van der Waals surface area contributed by atoms with E-state index in [2.05, 4.69) is 27.7 Å². The quantitative estimate of drug-likeness (QED) is 0.592. The lowest BCUT2D eigenvalue weighted by Gasteiger charge is -2.64. The zero-order chi connectivity index (χ0) is 10.3. The van der Waals surface area contributed by atoms with Gasteiger partial charge in [0.15, 0.2) is 0 Å². The fourth-order valence-electron chi connectivity index (χ4n) is 3.02. The van der Waals surface area contributed by atoms with Crippen LogP contribution in [-0.2, 0) is 0 Å². The third-order valence-corrected chi connectivity index (χ3v) is 4.88. The monoisotopic (exact) mass is 210 g/mol. The maximum Gasteiger partial charge on any atom is -0.0267 e. The largest absolute Gasteiger partial charge is 0.0776 e. The van der Waals surface area contributed by atoms with Crippen molar-refractivity contribution in [1.29, 1.82) is 0 Å². The van der Waals surface area contributed by atoms with E-state index in [0.717, 1.165) is 29.1 Å². The summed E-state index contributed by atoms with van der Waals surface area (Å²) in [4.78, 5) is 0. The highest BCUT2D eigenvalue weighted by Gasteiger charge is 2.57. The molecule has 0 heterocycles. The molecule has 0 aromatic heterocycles. The Morgan fingerprint density at radius 1 is 0.933 bits per heavy atom.